The van der Waals surface area contributed by atoms with E-state index in [0.29, 0.717) is 19.4 Å². The van der Waals surface area contributed by atoms with Crippen molar-refractivity contribution in [2.45, 2.75) is 25.5 Å². The van der Waals surface area contributed by atoms with Crippen LogP contribution in [0.25, 0.3) is 0 Å². The fourth-order valence-electron chi connectivity index (χ4n) is 2.79. The smallest absolute Gasteiger partial charge is 0.387 e. The lowest BCUT2D eigenvalue weighted by molar-refractivity contribution is -0.121. The second-order valence-electron chi connectivity index (χ2n) is 5.60. The van der Waals surface area contributed by atoms with Gasteiger partial charge in [0.1, 0.15) is 22.5 Å². The Hall–Kier alpha value is -2.55. The van der Waals surface area contributed by atoms with Crippen LogP contribution in [-0.4, -0.2) is 31.0 Å². The summed E-state index contributed by atoms with van der Waals surface area (Å²) in [5.41, 5.74) is 0.147. The Balaban J connectivity index is 1.74. The van der Waals surface area contributed by atoms with Crippen LogP contribution in [0, 0.1) is 5.82 Å². The Labute approximate surface area is 151 Å². The first kappa shape index (κ1) is 18.2. The molecule has 1 unspecified atom stereocenters. The number of thiophene rings is 1. The third kappa shape index (κ3) is 3.82. The summed E-state index contributed by atoms with van der Waals surface area (Å²) < 4.78 is 43.1. The fourth-order valence-corrected chi connectivity index (χ4v) is 3.52. The summed E-state index contributed by atoms with van der Waals surface area (Å²) in [5, 5.41) is 3.98. The first-order valence-corrected chi connectivity index (χ1v) is 8.74. The molecule has 5 nitrogen and oxygen atoms in total. The zero-order valence-corrected chi connectivity index (χ0v) is 14.3. The largest absolute Gasteiger partial charge is 0.433 e. The molecule has 26 heavy (non-hydrogen) atoms. The Morgan fingerprint density at radius 1 is 1.31 bits per heavy atom. The van der Waals surface area contributed by atoms with Crippen molar-refractivity contribution in [1.82, 2.24) is 5.32 Å². The number of benzene rings is 1. The second kappa shape index (κ2) is 7.77. The van der Waals surface area contributed by atoms with Gasteiger partial charge in [0.05, 0.1) is 5.69 Å². The maximum absolute atomic E-state index is 14.0. The van der Waals surface area contributed by atoms with E-state index in [-0.39, 0.29) is 16.3 Å². The summed E-state index contributed by atoms with van der Waals surface area (Å²) in [4.78, 5) is 26.3. The number of piperidine rings is 1. The van der Waals surface area contributed by atoms with Crippen molar-refractivity contribution in [3.8, 4) is 5.75 Å². The minimum absolute atomic E-state index is 0.0406. The molecule has 0 spiro atoms. The molecule has 1 aromatic heterocycles. The Kier molecular flexibility index (Phi) is 5.46. The van der Waals surface area contributed by atoms with Gasteiger partial charge in [-0.1, -0.05) is 12.1 Å². The highest BCUT2D eigenvalue weighted by molar-refractivity contribution is 7.12. The van der Waals surface area contributed by atoms with Gasteiger partial charge in [-0.2, -0.15) is 8.78 Å². The zero-order chi connectivity index (χ0) is 18.7. The molecule has 3 rings (SSSR count). The van der Waals surface area contributed by atoms with E-state index in [2.05, 4.69) is 10.1 Å². The number of carbonyl (C=O) groups is 2. The summed E-state index contributed by atoms with van der Waals surface area (Å²) in [5.74, 6) is -1.89. The van der Waals surface area contributed by atoms with Gasteiger partial charge in [-0.15, -0.1) is 11.3 Å². The lowest BCUT2D eigenvalue weighted by Crippen LogP contribution is -2.52. The fraction of sp³-hybridized carbons (Fsp3) is 0.294. The summed E-state index contributed by atoms with van der Waals surface area (Å²) in [6.07, 6.45) is 0.946. The quantitative estimate of drug-likeness (QED) is 0.860. The van der Waals surface area contributed by atoms with Crippen LogP contribution < -0.4 is 15.0 Å². The highest BCUT2D eigenvalue weighted by atomic mass is 32.1. The average Bonchev–Trinajstić information content (AvgIpc) is 3.05. The number of halogens is 3. The van der Waals surface area contributed by atoms with Crippen molar-refractivity contribution in [2.75, 3.05) is 11.4 Å². The van der Waals surface area contributed by atoms with E-state index in [0.717, 1.165) is 11.3 Å². The third-order valence-electron chi connectivity index (χ3n) is 3.94. The van der Waals surface area contributed by atoms with E-state index in [1.54, 1.807) is 6.07 Å². The number of nitrogens with zero attached hydrogens (tertiary/aromatic N) is 1. The predicted molar refractivity (Wildman–Crippen MR) is 90.2 cm³/mol. The van der Waals surface area contributed by atoms with E-state index in [1.807, 2.05) is 0 Å². The minimum atomic E-state index is -3.05. The van der Waals surface area contributed by atoms with Crippen LogP contribution in [0.1, 0.15) is 22.5 Å². The van der Waals surface area contributed by atoms with Crippen molar-refractivity contribution < 1.29 is 27.5 Å². The molecule has 9 heteroatoms. The van der Waals surface area contributed by atoms with Crippen LogP contribution in [0.15, 0.2) is 35.7 Å². The van der Waals surface area contributed by atoms with E-state index in [9.17, 15) is 22.8 Å². The van der Waals surface area contributed by atoms with Gasteiger partial charge in [-0.25, -0.2) is 4.39 Å². The van der Waals surface area contributed by atoms with Crippen LogP contribution >= 0.6 is 11.3 Å². The van der Waals surface area contributed by atoms with Crippen LogP contribution in [0.5, 0.6) is 5.75 Å². The van der Waals surface area contributed by atoms with Gasteiger partial charge < -0.3 is 15.0 Å². The number of hydrogen-bond donors (Lipinski definition) is 1. The van der Waals surface area contributed by atoms with E-state index in [1.165, 1.54) is 34.5 Å². The standard InChI is InChI=1S/C17H15F3N2O3S/c18-10-4-1-2-6-12(10)22-8-3-5-11(16(22)24)21-15(23)14-13(7-9-26-14)25-17(19)20/h1-2,4,6-7,9,11,17H,3,5,8H2,(H,21,23). The molecule has 2 aromatic rings. The maximum Gasteiger partial charge on any atom is 0.387 e. The summed E-state index contributed by atoms with van der Waals surface area (Å²) in [7, 11) is 0. The Morgan fingerprint density at radius 2 is 2.08 bits per heavy atom. The Morgan fingerprint density at radius 3 is 2.81 bits per heavy atom. The van der Waals surface area contributed by atoms with Crippen molar-refractivity contribution in [3.05, 3.63) is 46.4 Å². The van der Waals surface area contributed by atoms with Gasteiger partial charge >= 0.3 is 6.61 Å². The van der Waals surface area contributed by atoms with E-state index >= 15 is 0 Å². The normalized spacial score (nSPS) is 17.5. The lowest BCUT2D eigenvalue weighted by atomic mass is 10.0. The predicted octanol–water partition coefficient (Wildman–Crippen LogP) is 3.41. The molecule has 0 aliphatic carbocycles. The van der Waals surface area contributed by atoms with Gasteiger partial charge in [0.2, 0.25) is 5.91 Å². The van der Waals surface area contributed by atoms with Gasteiger partial charge in [0.15, 0.2) is 0 Å². The molecule has 0 bridgehead atoms. The summed E-state index contributed by atoms with van der Waals surface area (Å²) in [6, 6.07) is 6.29. The van der Waals surface area contributed by atoms with Gasteiger partial charge in [0, 0.05) is 6.54 Å². The number of ether oxygens (including phenoxy) is 1. The zero-order valence-electron chi connectivity index (χ0n) is 13.5. The SMILES string of the molecule is O=C(NC1CCCN(c2ccccc2F)C1=O)c1sccc1OC(F)F. The molecule has 1 atom stereocenters. The minimum Gasteiger partial charge on any atom is -0.433 e. The van der Waals surface area contributed by atoms with Crippen LogP contribution in [0.3, 0.4) is 0 Å². The van der Waals surface area contributed by atoms with E-state index < -0.39 is 30.3 Å². The molecule has 1 saturated heterocycles. The van der Waals surface area contributed by atoms with Gasteiger partial charge in [-0.3, -0.25) is 9.59 Å². The molecular weight excluding hydrogens is 369 g/mol. The highest BCUT2D eigenvalue weighted by Crippen LogP contribution is 2.28. The number of amides is 2. The third-order valence-corrected chi connectivity index (χ3v) is 4.83. The van der Waals surface area contributed by atoms with Crippen molar-refractivity contribution in [1.29, 1.82) is 0 Å². The van der Waals surface area contributed by atoms with E-state index in [4.69, 9.17) is 0 Å². The number of nitrogens with one attached hydrogen (secondary N) is 1. The first-order valence-electron chi connectivity index (χ1n) is 7.86. The molecular formula is C17H15F3N2O3S. The average molecular weight is 384 g/mol. The number of hydrogen-bond acceptors (Lipinski definition) is 4. The molecule has 2 amide bonds. The van der Waals surface area contributed by atoms with Crippen LogP contribution in [-0.2, 0) is 4.79 Å². The summed E-state index contributed by atoms with van der Waals surface area (Å²) in [6.45, 7) is -2.71. The topological polar surface area (TPSA) is 58.6 Å². The van der Waals surface area contributed by atoms with Gasteiger partial charge in [-0.05, 0) is 36.4 Å². The summed E-state index contributed by atoms with van der Waals surface area (Å²) >= 11 is 0.934. The van der Waals surface area contributed by atoms with Gasteiger partial charge in [0.25, 0.3) is 5.91 Å². The van der Waals surface area contributed by atoms with Crippen LogP contribution in [0.4, 0.5) is 18.9 Å². The van der Waals surface area contributed by atoms with Crippen LogP contribution in [0.2, 0.25) is 0 Å². The number of para-hydroxylation sites is 1. The number of rotatable bonds is 5. The maximum atomic E-state index is 14.0. The highest BCUT2D eigenvalue weighted by Gasteiger charge is 2.33. The number of anilines is 1. The molecule has 1 N–H and O–H groups in total. The molecule has 138 valence electrons. The van der Waals surface area contributed by atoms with Crippen molar-refractivity contribution in [3.63, 3.8) is 0 Å². The number of alkyl halides is 2. The lowest BCUT2D eigenvalue weighted by Gasteiger charge is -2.32. The van der Waals surface area contributed by atoms with Crippen molar-refractivity contribution in [2.24, 2.45) is 0 Å². The number of carbonyl (C=O) groups excluding carboxylic acids is 2. The molecule has 1 aliphatic rings. The van der Waals surface area contributed by atoms with Crippen molar-refractivity contribution >= 4 is 28.8 Å². The molecule has 0 radical (unpaired) electrons. The first-order chi connectivity index (χ1) is 12.5. The molecule has 1 aromatic carbocycles. The molecule has 0 saturated carbocycles. The second-order valence-corrected chi connectivity index (χ2v) is 6.52. The molecule has 1 fully saturated rings. The molecule has 1 aliphatic heterocycles. The Bertz CT molecular complexity index is 812. The monoisotopic (exact) mass is 384 g/mol. The molecule has 2 heterocycles.